The van der Waals surface area contributed by atoms with E-state index in [2.05, 4.69) is 6.58 Å². The zero-order valence-electron chi connectivity index (χ0n) is 16.9. The number of carbonyl (C=O) groups excluding carboxylic acids is 3. The third-order valence-corrected chi connectivity index (χ3v) is 4.35. The number of likely N-dealkylation sites (tertiary alicyclic amines) is 1. The Morgan fingerprint density at radius 3 is 2.43 bits per heavy atom. The quantitative estimate of drug-likeness (QED) is 0.449. The number of ether oxygens (including phenoxy) is 2. The molecule has 28 heavy (non-hydrogen) atoms. The fraction of sp³-hybridized carbons (Fsp3) is 0.476. The summed E-state index contributed by atoms with van der Waals surface area (Å²) in [6.07, 6.45) is 2.22. The lowest BCUT2D eigenvalue weighted by Gasteiger charge is -2.30. The van der Waals surface area contributed by atoms with Crippen LogP contribution in [0, 0.1) is 5.92 Å². The number of esters is 1. The van der Waals surface area contributed by atoms with Crippen molar-refractivity contribution in [3.8, 4) is 5.75 Å². The molecule has 0 radical (unpaired) electrons. The van der Waals surface area contributed by atoms with Crippen LogP contribution in [0.2, 0.25) is 0 Å². The number of carbonyl (C=O) groups is 3. The highest BCUT2D eigenvalue weighted by Crippen LogP contribution is 2.23. The van der Waals surface area contributed by atoms with E-state index in [9.17, 15) is 14.4 Å². The van der Waals surface area contributed by atoms with Gasteiger partial charge in [0.15, 0.2) is 0 Å². The summed E-state index contributed by atoms with van der Waals surface area (Å²) in [5.41, 5.74) is 0.0382. The molecular weight excluding hydrogens is 360 g/mol. The molecule has 1 aliphatic heterocycles. The van der Waals surface area contributed by atoms with Crippen LogP contribution < -0.4 is 9.64 Å². The van der Waals surface area contributed by atoms with Crippen molar-refractivity contribution in [2.45, 2.75) is 39.2 Å². The lowest BCUT2D eigenvalue weighted by atomic mass is 9.98. The van der Waals surface area contributed by atoms with E-state index in [4.69, 9.17) is 9.47 Å². The van der Waals surface area contributed by atoms with Crippen LogP contribution in [-0.4, -0.2) is 48.6 Å². The smallest absolute Gasteiger partial charge is 0.414 e. The fourth-order valence-corrected chi connectivity index (χ4v) is 2.87. The highest BCUT2D eigenvalue weighted by molar-refractivity contribution is 5.88. The van der Waals surface area contributed by atoms with Crippen molar-refractivity contribution in [3.63, 3.8) is 0 Å². The summed E-state index contributed by atoms with van der Waals surface area (Å²) in [5, 5.41) is 0. The number of hydrogen-bond donors (Lipinski definition) is 0. The minimum atomic E-state index is -0.582. The van der Waals surface area contributed by atoms with Gasteiger partial charge in [0.25, 0.3) is 0 Å². The van der Waals surface area contributed by atoms with Crippen LogP contribution in [0.25, 0.3) is 0 Å². The van der Waals surface area contributed by atoms with Crippen molar-refractivity contribution in [2.24, 2.45) is 5.92 Å². The molecule has 1 unspecified atom stereocenters. The van der Waals surface area contributed by atoms with E-state index in [-0.39, 0.29) is 17.8 Å². The summed E-state index contributed by atoms with van der Waals surface area (Å²) in [7, 11) is 1.61. The number of rotatable bonds is 4. The molecule has 1 aliphatic rings. The summed E-state index contributed by atoms with van der Waals surface area (Å²) in [5.74, 6) is -0.512. The summed E-state index contributed by atoms with van der Waals surface area (Å²) in [6.45, 7) is 9.85. The minimum absolute atomic E-state index is 0.174. The van der Waals surface area contributed by atoms with Gasteiger partial charge < -0.3 is 14.4 Å². The van der Waals surface area contributed by atoms with E-state index in [0.29, 0.717) is 30.9 Å². The van der Waals surface area contributed by atoms with Crippen molar-refractivity contribution in [1.29, 1.82) is 0 Å². The van der Waals surface area contributed by atoms with Crippen LogP contribution in [-0.2, 0) is 14.3 Å². The molecular formula is C21H28N2O5. The van der Waals surface area contributed by atoms with E-state index in [0.717, 1.165) is 6.42 Å². The Bertz CT molecular complexity index is 736. The largest absolute Gasteiger partial charge is 0.443 e. The Morgan fingerprint density at radius 1 is 1.21 bits per heavy atom. The van der Waals surface area contributed by atoms with Crippen molar-refractivity contribution < 1.29 is 23.9 Å². The average molecular weight is 388 g/mol. The van der Waals surface area contributed by atoms with Crippen LogP contribution in [0.4, 0.5) is 10.5 Å². The molecule has 1 fully saturated rings. The van der Waals surface area contributed by atoms with E-state index in [1.807, 2.05) is 0 Å². The van der Waals surface area contributed by atoms with Gasteiger partial charge in [-0.15, -0.1) is 0 Å². The number of benzene rings is 1. The second-order valence-electron chi connectivity index (χ2n) is 7.78. The second-order valence-corrected chi connectivity index (χ2v) is 7.78. The maximum atomic E-state index is 12.4. The predicted octanol–water partition coefficient (Wildman–Crippen LogP) is 3.39. The Hall–Kier alpha value is -2.83. The van der Waals surface area contributed by atoms with Gasteiger partial charge in [-0.2, -0.15) is 0 Å². The Kier molecular flexibility index (Phi) is 6.83. The first-order valence-electron chi connectivity index (χ1n) is 9.30. The zero-order chi connectivity index (χ0) is 20.9. The highest BCUT2D eigenvalue weighted by Gasteiger charge is 2.29. The molecule has 0 saturated carbocycles. The van der Waals surface area contributed by atoms with E-state index in [1.54, 1.807) is 57.0 Å². The maximum absolute atomic E-state index is 12.4. The zero-order valence-corrected chi connectivity index (χ0v) is 16.9. The standard InChI is InChI=1S/C21H28N2O5/c1-6-18(24)23-13-7-8-15(14-23)19(25)27-17-11-9-16(10-12-17)22(5)20(26)28-21(2,3)4/h6,9-12,15H,1,7-8,13-14H2,2-5H3. The van der Waals surface area contributed by atoms with Crippen LogP contribution >= 0.6 is 0 Å². The van der Waals surface area contributed by atoms with Crippen molar-refractivity contribution in [2.75, 3.05) is 25.0 Å². The molecule has 0 aromatic heterocycles. The molecule has 0 bridgehead atoms. The van der Waals surface area contributed by atoms with E-state index < -0.39 is 11.7 Å². The third-order valence-electron chi connectivity index (χ3n) is 4.35. The Balaban J connectivity index is 1.96. The first-order chi connectivity index (χ1) is 13.1. The number of nitrogens with zero attached hydrogens (tertiary/aromatic N) is 2. The van der Waals surface area contributed by atoms with Gasteiger partial charge in [0, 0.05) is 25.8 Å². The molecule has 1 atom stereocenters. The molecule has 152 valence electrons. The van der Waals surface area contributed by atoms with Crippen LogP contribution in [0.5, 0.6) is 5.75 Å². The van der Waals surface area contributed by atoms with Gasteiger partial charge in [-0.05, 0) is 64.0 Å². The number of piperidine rings is 1. The first kappa shape index (κ1) is 21.5. The van der Waals surface area contributed by atoms with Crippen molar-refractivity contribution in [1.82, 2.24) is 4.90 Å². The van der Waals surface area contributed by atoms with Crippen LogP contribution in [0.1, 0.15) is 33.6 Å². The van der Waals surface area contributed by atoms with Crippen LogP contribution in [0.3, 0.4) is 0 Å². The molecule has 1 aromatic rings. The van der Waals surface area contributed by atoms with Crippen molar-refractivity contribution >= 4 is 23.7 Å². The molecule has 0 N–H and O–H groups in total. The molecule has 7 nitrogen and oxygen atoms in total. The normalized spacial score (nSPS) is 16.9. The van der Waals surface area contributed by atoms with Gasteiger partial charge in [0.1, 0.15) is 11.4 Å². The predicted molar refractivity (Wildman–Crippen MR) is 106 cm³/mol. The summed E-state index contributed by atoms with van der Waals surface area (Å²) in [4.78, 5) is 39.3. The van der Waals surface area contributed by atoms with Crippen LogP contribution in [0.15, 0.2) is 36.9 Å². The molecule has 0 aliphatic carbocycles. The molecule has 7 heteroatoms. The molecule has 2 amide bonds. The molecule has 1 heterocycles. The van der Waals surface area contributed by atoms with Gasteiger partial charge in [-0.1, -0.05) is 6.58 Å². The van der Waals surface area contributed by atoms with Gasteiger partial charge in [-0.25, -0.2) is 4.79 Å². The Morgan fingerprint density at radius 2 is 1.86 bits per heavy atom. The van der Waals surface area contributed by atoms with E-state index >= 15 is 0 Å². The number of amides is 2. The average Bonchev–Trinajstić information content (AvgIpc) is 2.66. The SMILES string of the molecule is C=CC(=O)N1CCCC(C(=O)Oc2ccc(N(C)C(=O)OC(C)(C)C)cc2)C1. The monoisotopic (exact) mass is 388 g/mol. The first-order valence-corrected chi connectivity index (χ1v) is 9.30. The van der Waals surface area contributed by atoms with Gasteiger partial charge in [-0.3, -0.25) is 14.5 Å². The lowest BCUT2D eigenvalue weighted by molar-refractivity contribution is -0.142. The van der Waals surface area contributed by atoms with E-state index in [1.165, 1.54) is 11.0 Å². The lowest BCUT2D eigenvalue weighted by Crippen LogP contribution is -2.42. The number of hydrogen-bond acceptors (Lipinski definition) is 5. The fourth-order valence-electron chi connectivity index (χ4n) is 2.87. The van der Waals surface area contributed by atoms with Gasteiger partial charge >= 0.3 is 12.1 Å². The topological polar surface area (TPSA) is 76.2 Å². The minimum Gasteiger partial charge on any atom is -0.443 e. The van der Waals surface area contributed by atoms with Gasteiger partial charge in [0.2, 0.25) is 5.91 Å². The highest BCUT2D eigenvalue weighted by atomic mass is 16.6. The Labute approximate surface area is 165 Å². The summed E-state index contributed by atoms with van der Waals surface area (Å²) in [6, 6.07) is 6.62. The van der Waals surface area contributed by atoms with Gasteiger partial charge in [0.05, 0.1) is 5.92 Å². The number of anilines is 1. The maximum Gasteiger partial charge on any atom is 0.414 e. The van der Waals surface area contributed by atoms with Crippen molar-refractivity contribution in [3.05, 3.63) is 36.9 Å². The molecule has 1 saturated heterocycles. The molecule has 0 spiro atoms. The third kappa shape index (κ3) is 5.84. The summed E-state index contributed by atoms with van der Waals surface area (Å²) >= 11 is 0. The molecule has 1 aromatic carbocycles. The summed E-state index contributed by atoms with van der Waals surface area (Å²) < 4.78 is 10.8. The second kappa shape index (κ2) is 8.91. The molecule has 2 rings (SSSR count).